The van der Waals surface area contributed by atoms with Gasteiger partial charge in [0.2, 0.25) is 0 Å². The summed E-state index contributed by atoms with van der Waals surface area (Å²) in [5.74, 6) is -0.800. The molecule has 0 aromatic heterocycles. The Morgan fingerprint density at radius 1 is 1.47 bits per heavy atom. The number of ketones is 1. The maximum atomic E-state index is 13.8. The summed E-state index contributed by atoms with van der Waals surface area (Å²) in [6.07, 6.45) is 0.888. The Hall–Kier alpha value is -0.740. The van der Waals surface area contributed by atoms with E-state index in [0.29, 0.717) is 17.5 Å². The fraction of sp³-hybridized carbons (Fsp3) is 0.462. The lowest BCUT2D eigenvalue weighted by molar-refractivity contribution is 0.0419. The second kappa shape index (κ2) is 6.87. The Labute approximate surface area is 109 Å². The minimum Gasteiger partial charge on any atom is -0.370 e. The molecule has 0 bridgehead atoms. The van der Waals surface area contributed by atoms with Gasteiger partial charge in [-0.25, -0.2) is 4.39 Å². The zero-order valence-corrected chi connectivity index (χ0v) is 11.6. The minimum absolute atomic E-state index is 0.0891. The lowest BCUT2D eigenvalue weighted by Gasteiger charge is -2.15. The van der Waals surface area contributed by atoms with Crippen LogP contribution in [0, 0.1) is 5.82 Å². The van der Waals surface area contributed by atoms with Crippen LogP contribution in [0.3, 0.4) is 0 Å². The van der Waals surface area contributed by atoms with Crippen LogP contribution in [0.25, 0.3) is 0 Å². The number of benzene rings is 1. The zero-order valence-electron chi connectivity index (χ0n) is 10.0. The number of hydrogen-bond donors (Lipinski definition) is 0. The molecule has 1 aromatic rings. The van der Waals surface area contributed by atoms with E-state index in [1.807, 2.05) is 13.8 Å². The first-order valence-electron chi connectivity index (χ1n) is 5.71. The van der Waals surface area contributed by atoms with E-state index >= 15 is 0 Å². The third-order valence-electron chi connectivity index (χ3n) is 2.43. The molecule has 0 saturated carbocycles. The smallest absolute Gasteiger partial charge is 0.194 e. The van der Waals surface area contributed by atoms with Crippen molar-refractivity contribution < 1.29 is 13.9 Å². The predicted molar refractivity (Wildman–Crippen MR) is 68.8 cm³/mol. The molecule has 1 rings (SSSR count). The summed E-state index contributed by atoms with van der Waals surface area (Å²) in [5, 5.41) is 0. The molecule has 1 unspecified atom stereocenters. The zero-order chi connectivity index (χ0) is 12.8. The van der Waals surface area contributed by atoms with Crippen molar-refractivity contribution in [1.29, 1.82) is 0 Å². The molecule has 1 atom stereocenters. The van der Waals surface area contributed by atoms with E-state index in [-0.39, 0.29) is 11.3 Å². The summed E-state index contributed by atoms with van der Waals surface area (Å²) >= 11 is 3.07. The third kappa shape index (κ3) is 3.61. The van der Waals surface area contributed by atoms with Crippen LogP contribution in [0.4, 0.5) is 4.39 Å². The highest BCUT2D eigenvalue weighted by atomic mass is 79.9. The quantitative estimate of drug-likeness (QED) is 0.743. The van der Waals surface area contributed by atoms with Gasteiger partial charge in [0.05, 0.1) is 10.0 Å². The van der Waals surface area contributed by atoms with Gasteiger partial charge >= 0.3 is 0 Å². The predicted octanol–water partition coefficient (Wildman–Crippen LogP) is 3.98. The largest absolute Gasteiger partial charge is 0.370 e. The molecular formula is C13H16BrFO2. The fourth-order valence-corrected chi connectivity index (χ4v) is 1.99. The lowest BCUT2D eigenvalue weighted by atomic mass is 10.0. The number of carbonyl (C=O) groups is 1. The Bertz CT molecular complexity index is 387. The van der Waals surface area contributed by atoms with Crippen molar-refractivity contribution in [2.75, 3.05) is 6.61 Å². The first kappa shape index (κ1) is 14.3. The van der Waals surface area contributed by atoms with Gasteiger partial charge in [0.15, 0.2) is 5.78 Å². The van der Waals surface area contributed by atoms with Gasteiger partial charge < -0.3 is 4.74 Å². The van der Waals surface area contributed by atoms with Crippen LogP contribution in [0.1, 0.15) is 37.0 Å². The Morgan fingerprint density at radius 2 is 2.18 bits per heavy atom. The van der Waals surface area contributed by atoms with Crippen molar-refractivity contribution in [3.05, 3.63) is 34.1 Å². The number of carbonyl (C=O) groups excluding carboxylic acids is 1. The maximum absolute atomic E-state index is 13.8. The van der Waals surface area contributed by atoms with Gasteiger partial charge in [-0.2, -0.15) is 0 Å². The second-order valence-corrected chi connectivity index (χ2v) is 4.55. The van der Waals surface area contributed by atoms with Crippen molar-refractivity contribution in [3.63, 3.8) is 0 Å². The number of Topliss-reactive ketones (excluding diaryl/α,β-unsaturated/α-hetero) is 1. The molecule has 0 spiro atoms. The molecule has 0 aliphatic heterocycles. The van der Waals surface area contributed by atoms with Crippen LogP contribution >= 0.6 is 15.9 Å². The van der Waals surface area contributed by atoms with Crippen molar-refractivity contribution in [1.82, 2.24) is 0 Å². The topological polar surface area (TPSA) is 26.3 Å². The van der Waals surface area contributed by atoms with E-state index in [2.05, 4.69) is 15.9 Å². The van der Waals surface area contributed by atoms with Crippen molar-refractivity contribution in [3.8, 4) is 0 Å². The number of ether oxygens (including phenoxy) is 1. The van der Waals surface area contributed by atoms with Crippen molar-refractivity contribution in [2.24, 2.45) is 0 Å². The SMILES string of the molecule is CCCC(OCC)C(=O)c1cccc(Br)c1F. The van der Waals surface area contributed by atoms with Crippen molar-refractivity contribution in [2.45, 2.75) is 32.8 Å². The van der Waals surface area contributed by atoms with E-state index in [0.717, 1.165) is 6.42 Å². The average Bonchev–Trinajstić information content (AvgIpc) is 2.31. The van der Waals surface area contributed by atoms with Gasteiger partial charge in [-0.3, -0.25) is 4.79 Å². The van der Waals surface area contributed by atoms with Gasteiger partial charge in [0.25, 0.3) is 0 Å². The Balaban J connectivity index is 2.96. The van der Waals surface area contributed by atoms with E-state index < -0.39 is 11.9 Å². The van der Waals surface area contributed by atoms with E-state index in [1.165, 1.54) is 6.07 Å². The Morgan fingerprint density at radius 3 is 2.76 bits per heavy atom. The van der Waals surface area contributed by atoms with Crippen molar-refractivity contribution >= 4 is 21.7 Å². The Kier molecular flexibility index (Phi) is 5.78. The van der Waals surface area contributed by atoms with E-state index in [9.17, 15) is 9.18 Å². The van der Waals surface area contributed by atoms with Gasteiger partial charge in [-0.05, 0) is 41.4 Å². The van der Waals surface area contributed by atoms with Crippen LogP contribution in [0.15, 0.2) is 22.7 Å². The highest BCUT2D eigenvalue weighted by Crippen LogP contribution is 2.21. The van der Waals surface area contributed by atoms with E-state index in [4.69, 9.17) is 4.74 Å². The molecule has 2 nitrogen and oxygen atoms in total. The summed E-state index contributed by atoms with van der Waals surface area (Å²) in [6.45, 7) is 4.25. The monoisotopic (exact) mass is 302 g/mol. The molecule has 0 fully saturated rings. The number of hydrogen-bond acceptors (Lipinski definition) is 2. The molecule has 1 aromatic carbocycles. The molecule has 0 radical (unpaired) electrons. The van der Waals surface area contributed by atoms with E-state index in [1.54, 1.807) is 12.1 Å². The van der Waals surface area contributed by atoms with Crippen LogP contribution < -0.4 is 0 Å². The average molecular weight is 303 g/mol. The molecule has 0 amide bonds. The summed E-state index contributed by atoms with van der Waals surface area (Å²) in [7, 11) is 0. The summed E-state index contributed by atoms with van der Waals surface area (Å²) < 4.78 is 19.4. The first-order valence-corrected chi connectivity index (χ1v) is 6.50. The molecule has 17 heavy (non-hydrogen) atoms. The molecule has 0 saturated heterocycles. The van der Waals surface area contributed by atoms with Crippen LogP contribution in [-0.2, 0) is 4.74 Å². The van der Waals surface area contributed by atoms with Gasteiger partial charge in [0, 0.05) is 6.61 Å². The molecule has 0 aliphatic carbocycles. The van der Waals surface area contributed by atoms with Gasteiger partial charge in [-0.15, -0.1) is 0 Å². The van der Waals surface area contributed by atoms with Crippen LogP contribution in [-0.4, -0.2) is 18.5 Å². The number of rotatable bonds is 6. The molecule has 0 aliphatic rings. The molecular weight excluding hydrogens is 287 g/mol. The summed E-state index contributed by atoms with van der Waals surface area (Å²) in [5.41, 5.74) is 0.0891. The first-order chi connectivity index (χ1) is 8.11. The molecule has 4 heteroatoms. The number of halogens is 2. The third-order valence-corrected chi connectivity index (χ3v) is 3.04. The molecule has 94 valence electrons. The maximum Gasteiger partial charge on any atom is 0.194 e. The minimum atomic E-state index is -0.547. The molecule has 0 heterocycles. The highest BCUT2D eigenvalue weighted by Gasteiger charge is 2.23. The summed E-state index contributed by atoms with van der Waals surface area (Å²) in [6, 6.07) is 4.71. The highest BCUT2D eigenvalue weighted by molar-refractivity contribution is 9.10. The fourth-order valence-electron chi connectivity index (χ4n) is 1.62. The lowest BCUT2D eigenvalue weighted by Crippen LogP contribution is -2.25. The van der Waals surface area contributed by atoms with Gasteiger partial charge in [0.1, 0.15) is 11.9 Å². The second-order valence-electron chi connectivity index (χ2n) is 3.70. The normalized spacial score (nSPS) is 12.5. The molecule has 0 N–H and O–H groups in total. The van der Waals surface area contributed by atoms with Gasteiger partial charge in [-0.1, -0.05) is 19.4 Å². The summed E-state index contributed by atoms with van der Waals surface area (Å²) in [4.78, 5) is 12.1. The van der Waals surface area contributed by atoms with Crippen LogP contribution in [0.5, 0.6) is 0 Å². The van der Waals surface area contributed by atoms with Crippen LogP contribution in [0.2, 0.25) is 0 Å². The standard InChI is InChI=1S/C13H16BrFO2/c1-3-6-11(17-4-2)13(16)9-7-5-8-10(14)12(9)15/h5,7-8,11H,3-4,6H2,1-2H3.